The van der Waals surface area contributed by atoms with Crippen molar-refractivity contribution in [3.8, 4) is 22.4 Å². The number of aromatic nitrogens is 2. The third kappa shape index (κ3) is 3.40. The highest BCUT2D eigenvalue weighted by Gasteiger charge is 2.17. The molecule has 1 N–H and O–H groups in total. The molecule has 0 radical (unpaired) electrons. The zero-order valence-electron chi connectivity index (χ0n) is 12.7. The molecule has 2 aromatic carbocycles. The number of rotatable bonds is 3. The van der Waals surface area contributed by atoms with E-state index < -0.39 is 0 Å². The van der Waals surface area contributed by atoms with Crippen LogP contribution in [-0.2, 0) is 6.61 Å². The Balaban J connectivity index is 2.30. The van der Waals surface area contributed by atoms with Gasteiger partial charge >= 0.3 is 0 Å². The topological polar surface area (TPSA) is 46.0 Å². The molecule has 0 atom stereocenters. The van der Waals surface area contributed by atoms with Crippen LogP contribution in [0.15, 0.2) is 42.5 Å². The Bertz CT molecular complexity index is 896. The van der Waals surface area contributed by atoms with Crippen LogP contribution in [0, 0.1) is 6.92 Å². The van der Waals surface area contributed by atoms with Gasteiger partial charge in [0.25, 0.3) is 0 Å². The van der Waals surface area contributed by atoms with Gasteiger partial charge in [0, 0.05) is 26.9 Å². The minimum Gasteiger partial charge on any atom is -0.388 e. The quantitative estimate of drug-likeness (QED) is 0.647. The van der Waals surface area contributed by atoms with Gasteiger partial charge in [-0.25, -0.2) is 9.97 Å². The maximum absolute atomic E-state index is 9.45. The average Bonchev–Trinajstić information content (AvgIpc) is 2.55. The van der Waals surface area contributed by atoms with Crippen molar-refractivity contribution in [3.05, 3.63) is 69.1 Å². The highest BCUT2D eigenvalue weighted by Crippen LogP contribution is 2.37. The lowest BCUT2D eigenvalue weighted by molar-refractivity contribution is 0.271. The van der Waals surface area contributed by atoms with Gasteiger partial charge in [0.1, 0.15) is 6.61 Å². The maximum atomic E-state index is 9.45. The standard InChI is InChI=1S/C18H13Cl3N2O/c1-10-17(11-2-4-12(19)5-3-11)18(23-16(9-24)22-10)14-7-6-13(20)8-15(14)21/h2-8,24H,9H2,1H3. The van der Waals surface area contributed by atoms with Crippen molar-refractivity contribution in [3.63, 3.8) is 0 Å². The second-order valence-electron chi connectivity index (χ2n) is 5.24. The summed E-state index contributed by atoms with van der Waals surface area (Å²) in [4.78, 5) is 8.85. The molecule has 0 amide bonds. The molecule has 0 saturated heterocycles. The Morgan fingerprint density at radius 2 is 1.58 bits per heavy atom. The van der Waals surface area contributed by atoms with Crippen LogP contribution in [0.25, 0.3) is 22.4 Å². The van der Waals surface area contributed by atoms with E-state index in [4.69, 9.17) is 34.8 Å². The molecule has 0 bridgehead atoms. The van der Waals surface area contributed by atoms with Crippen LogP contribution in [-0.4, -0.2) is 15.1 Å². The van der Waals surface area contributed by atoms with E-state index in [0.29, 0.717) is 26.6 Å². The third-order valence-electron chi connectivity index (χ3n) is 3.60. The summed E-state index contributed by atoms with van der Waals surface area (Å²) in [5.41, 5.74) is 3.88. The van der Waals surface area contributed by atoms with Crippen LogP contribution in [0.5, 0.6) is 0 Å². The summed E-state index contributed by atoms with van der Waals surface area (Å²) in [7, 11) is 0. The Kier molecular flexibility index (Phi) is 5.07. The van der Waals surface area contributed by atoms with E-state index >= 15 is 0 Å². The van der Waals surface area contributed by atoms with Gasteiger partial charge in [-0.05, 0) is 42.8 Å². The molecule has 6 heteroatoms. The minimum atomic E-state index is -0.250. The highest BCUT2D eigenvalue weighted by molar-refractivity contribution is 6.36. The summed E-state index contributed by atoms with van der Waals surface area (Å²) in [6, 6.07) is 12.7. The molecule has 0 spiro atoms. The molecule has 3 aromatic rings. The van der Waals surface area contributed by atoms with Gasteiger partial charge in [0.15, 0.2) is 5.82 Å². The van der Waals surface area contributed by atoms with E-state index in [1.54, 1.807) is 12.1 Å². The van der Waals surface area contributed by atoms with Crippen molar-refractivity contribution in [2.45, 2.75) is 13.5 Å². The third-order valence-corrected chi connectivity index (χ3v) is 4.40. The predicted molar refractivity (Wildman–Crippen MR) is 98.6 cm³/mol. The molecule has 0 saturated carbocycles. The van der Waals surface area contributed by atoms with Crippen molar-refractivity contribution in [2.24, 2.45) is 0 Å². The minimum absolute atomic E-state index is 0.250. The van der Waals surface area contributed by atoms with Gasteiger partial charge in [0.2, 0.25) is 0 Å². The first-order chi connectivity index (χ1) is 11.5. The fraction of sp³-hybridized carbons (Fsp3) is 0.111. The van der Waals surface area contributed by atoms with Gasteiger partial charge in [-0.15, -0.1) is 0 Å². The lowest BCUT2D eigenvalue weighted by Crippen LogP contribution is -2.03. The van der Waals surface area contributed by atoms with Crippen LogP contribution in [0.3, 0.4) is 0 Å². The number of aliphatic hydroxyl groups is 1. The lowest BCUT2D eigenvalue weighted by atomic mass is 9.98. The van der Waals surface area contributed by atoms with Crippen molar-refractivity contribution in [1.29, 1.82) is 0 Å². The summed E-state index contributed by atoms with van der Waals surface area (Å²) in [6.07, 6.45) is 0. The molecule has 0 aliphatic carbocycles. The van der Waals surface area contributed by atoms with Crippen molar-refractivity contribution in [1.82, 2.24) is 9.97 Å². The van der Waals surface area contributed by atoms with Gasteiger partial charge in [-0.2, -0.15) is 0 Å². The normalized spacial score (nSPS) is 10.9. The summed E-state index contributed by atoms with van der Waals surface area (Å²) in [5, 5.41) is 11.1. The fourth-order valence-electron chi connectivity index (χ4n) is 2.54. The molecule has 0 fully saturated rings. The van der Waals surface area contributed by atoms with Crippen LogP contribution in [0.1, 0.15) is 11.5 Å². The van der Waals surface area contributed by atoms with Crippen molar-refractivity contribution in [2.75, 3.05) is 0 Å². The number of nitrogens with zero attached hydrogens (tertiary/aromatic N) is 2. The number of benzene rings is 2. The highest BCUT2D eigenvalue weighted by atomic mass is 35.5. The smallest absolute Gasteiger partial charge is 0.154 e. The molecule has 24 heavy (non-hydrogen) atoms. The number of halogens is 3. The van der Waals surface area contributed by atoms with E-state index in [1.807, 2.05) is 37.3 Å². The number of hydrogen-bond donors (Lipinski definition) is 1. The zero-order chi connectivity index (χ0) is 17.3. The average molecular weight is 380 g/mol. The number of aliphatic hydroxyl groups excluding tert-OH is 1. The van der Waals surface area contributed by atoms with E-state index in [1.165, 1.54) is 0 Å². The first kappa shape index (κ1) is 17.2. The second kappa shape index (κ2) is 7.08. The predicted octanol–water partition coefficient (Wildman–Crippen LogP) is 5.57. The Morgan fingerprint density at radius 3 is 2.21 bits per heavy atom. The van der Waals surface area contributed by atoms with Gasteiger partial charge in [-0.3, -0.25) is 0 Å². The Morgan fingerprint density at radius 1 is 0.917 bits per heavy atom. The fourth-order valence-corrected chi connectivity index (χ4v) is 3.16. The molecule has 3 rings (SSSR count). The van der Waals surface area contributed by atoms with Gasteiger partial charge in [0.05, 0.1) is 10.7 Å². The van der Waals surface area contributed by atoms with Crippen LogP contribution in [0.4, 0.5) is 0 Å². The SMILES string of the molecule is Cc1nc(CO)nc(-c2ccc(Cl)cc2Cl)c1-c1ccc(Cl)cc1. The largest absolute Gasteiger partial charge is 0.388 e. The molecule has 122 valence electrons. The van der Waals surface area contributed by atoms with Crippen LogP contribution in [0.2, 0.25) is 15.1 Å². The molecular weight excluding hydrogens is 367 g/mol. The second-order valence-corrected chi connectivity index (χ2v) is 6.52. The van der Waals surface area contributed by atoms with E-state index in [-0.39, 0.29) is 6.61 Å². The summed E-state index contributed by atoms with van der Waals surface area (Å²) < 4.78 is 0. The first-order valence-electron chi connectivity index (χ1n) is 7.19. The molecule has 1 heterocycles. The number of hydrogen-bond acceptors (Lipinski definition) is 3. The maximum Gasteiger partial charge on any atom is 0.154 e. The van der Waals surface area contributed by atoms with Crippen molar-refractivity contribution >= 4 is 34.8 Å². The van der Waals surface area contributed by atoms with Crippen molar-refractivity contribution < 1.29 is 5.11 Å². The summed E-state index contributed by atoms with van der Waals surface area (Å²) in [6.45, 7) is 1.62. The molecule has 1 aromatic heterocycles. The molecule has 0 unspecified atom stereocenters. The lowest BCUT2D eigenvalue weighted by Gasteiger charge is -2.14. The van der Waals surface area contributed by atoms with Gasteiger partial charge in [-0.1, -0.05) is 46.9 Å². The van der Waals surface area contributed by atoms with E-state index in [2.05, 4.69) is 9.97 Å². The Hall–Kier alpha value is -1.65. The van der Waals surface area contributed by atoms with Crippen LogP contribution >= 0.6 is 34.8 Å². The van der Waals surface area contributed by atoms with Crippen LogP contribution < -0.4 is 0 Å². The molecule has 0 aliphatic rings. The zero-order valence-corrected chi connectivity index (χ0v) is 15.0. The molecular formula is C18H13Cl3N2O. The Labute approximate surface area is 154 Å². The summed E-state index contributed by atoms with van der Waals surface area (Å²) >= 11 is 18.4. The summed E-state index contributed by atoms with van der Waals surface area (Å²) in [5.74, 6) is 0.339. The molecule has 3 nitrogen and oxygen atoms in total. The monoisotopic (exact) mass is 378 g/mol. The van der Waals surface area contributed by atoms with E-state index in [9.17, 15) is 5.11 Å². The number of aryl methyl sites for hydroxylation is 1. The molecule has 0 aliphatic heterocycles. The van der Waals surface area contributed by atoms with E-state index in [0.717, 1.165) is 22.4 Å². The van der Waals surface area contributed by atoms with Gasteiger partial charge < -0.3 is 5.11 Å². The first-order valence-corrected chi connectivity index (χ1v) is 8.32.